The van der Waals surface area contributed by atoms with Gasteiger partial charge in [-0.15, -0.1) is 0 Å². The highest BCUT2D eigenvalue weighted by Gasteiger charge is 2.24. The molecule has 352 valence electrons. The van der Waals surface area contributed by atoms with E-state index in [0.29, 0.717) is 19.3 Å². The molecule has 3 unspecified atom stereocenters. The van der Waals surface area contributed by atoms with Crippen LogP contribution in [-0.4, -0.2) is 46.9 Å². The number of unbranched alkanes of at least 4 members (excludes halogenated alkanes) is 37. The second kappa shape index (κ2) is 47.9. The summed E-state index contributed by atoms with van der Waals surface area (Å²) >= 11 is 0. The minimum Gasteiger partial charge on any atom is -0.462 e. The fourth-order valence-electron chi connectivity index (χ4n) is 8.61. The molecule has 0 radical (unpaired) electrons. The molecule has 0 aliphatic rings. The first-order chi connectivity index (χ1) is 29.0. The molecule has 6 nitrogen and oxygen atoms in total. The zero-order chi connectivity index (χ0) is 43.1. The van der Waals surface area contributed by atoms with Gasteiger partial charge < -0.3 is 20.3 Å². The van der Waals surface area contributed by atoms with Crippen molar-refractivity contribution in [2.45, 2.75) is 322 Å². The molecule has 0 aromatic heterocycles. The third kappa shape index (κ3) is 43.3. The summed E-state index contributed by atoms with van der Waals surface area (Å²) in [5, 5.41) is 23.8. The highest BCUT2D eigenvalue weighted by Crippen LogP contribution is 2.19. The van der Waals surface area contributed by atoms with Gasteiger partial charge in [0.1, 0.15) is 6.10 Å². The molecule has 0 saturated carbocycles. The van der Waals surface area contributed by atoms with Crippen LogP contribution in [0, 0.1) is 0 Å². The van der Waals surface area contributed by atoms with E-state index in [2.05, 4.69) is 26.1 Å². The minimum atomic E-state index is -0.779. The molecule has 0 aromatic rings. The Hall–Kier alpha value is -1.14. The van der Waals surface area contributed by atoms with Crippen LogP contribution in [0.5, 0.6) is 0 Å². The Morgan fingerprint density at radius 2 is 0.712 bits per heavy atom. The highest BCUT2D eigenvalue weighted by molar-refractivity contribution is 5.77. The predicted octanol–water partition coefficient (Wildman–Crippen LogP) is 16.0. The Morgan fingerprint density at radius 3 is 1.03 bits per heavy atom. The summed E-state index contributed by atoms with van der Waals surface area (Å²) in [5.41, 5.74) is 0. The number of nitrogens with one attached hydrogen (secondary N) is 1. The van der Waals surface area contributed by atoms with Crippen LogP contribution in [0.15, 0.2) is 0 Å². The Kier molecular flexibility index (Phi) is 47.0. The lowest BCUT2D eigenvalue weighted by Crippen LogP contribution is -2.46. The highest BCUT2D eigenvalue weighted by atomic mass is 16.5. The molecule has 0 bridgehead atoms. The molecule has 3 N–H and O–H groups in total. The van der Waals surface area contributed by atoms with Crippen molar-refractivity contribution >= 4 is 11.9 Å². The van der Waals surface area contributed by atoms with Gasteiger partial charge in [0.2, 0.25) is 5.91 Å². The Morgan fingerprint density at radius 1 is 0.424 bits per heavy atom. The van der Waals surface area contributed by atoms with E-state index in [0.717, 1.165) is 44.9 Å². The van der Waals surface area contributed by atoms with Crippen molar-refractivity contribution in [3.8, 4) is 0 Å². The number of ether oxygens (including phenoxy) is 1. The number of rotatable bonds is 49. The summed E-state index contributed by atoms with van der Waals surface area (Å²) in [6, 6.07) is -0.692. The van der Waals surface area contributed by atoms with Gasteiger partial charge in [-0.1, -0.05) is 265 Å². The number of carbonyl (C=O) groups excluding carboxylic acids is 2. The van der Waals surface area contributed by atoms with Crippen molar-refractivity contribution in [1.82, 2.24) is 5.32 Å². The number of carbonyl (C=O) groups is 2. The van der Waals surface area contributed by atoms with Gasteiger partial charge in [-0.25, -0.2) is 0 Å². The van der Waals surface area contributed by atoms with Gasteiger partial charge in [0.05, 0.1) is 25.2 Å². The number of esters is 1. The molecule has 59 heavy (non-hydrogen) atoms. The quantitative estimate of drug-likeness (QED) is 0.0419. The number of hydrogen-bond acceptors (Lipinski definition) is 5. The second-order valence-electron chi connectivity index (χ2n) is 18.6. The van der Waals surface area contributed by atoms with Gasteiger partial charge in [0, 0.05) is 6.42 Å². The van der Waals surface area contributed by atoms with E-state index in [-0.39, 0.29) is 24.9 Å². The fraction of sp³-hybridized carbons (Fsp3) is 0.962. The van der Waals surface area contributed by atoms with E-state index >= 15 is 0 Å². The van der Waals surface area contributed by atoms with E-state index in [1.807, 2.05) is 0 Å². The van der Waals surface area contributed by atoms with E-state index in [9.17, 15) is 19.8 Å². The molecule has 6 heteroatoms. The van der Waals surface area contributed by atoms with Crippen molar-refractivity contribution in [2.75, 3.05) is 6.61 Å². The van der Waals surface area contributed by atoms with Crippen LogP contribution >= 0.6 is 0 Å². The summed E-state index contributed by atoms with van der Waals surface area (Å²) in [4.78, 5) is 26.1. The Balaban J connectivity index is 4.47. The Labute approximate surface area is 368 Å². The summed E-state index contributed by atoms with van der Waals surface area (Å²) in [7, 11) is 0. The van der Waals surface area contributed by atoms with Crippen LogP contribution in [-0.2, 0) is 14.3 Å². The van der Waals surface area contributed by atoms with Crippen molar-refractivity contribution in [2.24, 2.45) is 0 Å². The fourth-order valence-corrected chi connectivity index (χ4v) is 8.61. The zero-order valence-corrected chi connectivity index (χ0v) is 40.2. The maximum absolute atomic E-state index is 13.2. The molecule has 0 heterocycles. The van der Waals surface area contributed by atoms with E-state index in [1.165, 1.54) is 212 Å². The molecule has 0 saturated heterocycles. The van der Waals surface area contributed by atoms with E-state index < -0.39 is 18.2 Å². The molecule has 0 fully saturated rings. The number of amides is 1. The lowest BCUT2D eigenvalue weighted by atomic mass is 10.0. The first-order valence-electron chi connectivity index (χ1n) is 26.8. The molecular weight excluding hydrogens is 731 g/mol. The first-order valence-corrected chi connectivity index (χ1v) is 26.8. The van der Waals surface area contributed by atoms with Crippen LogP contribution in [0.3, 0.4) is 0 Å². The van der Waals surface area contributed by atoms with Gasteiger partial charge >= 0.3 is 5.97 Å². The van der Waals surface area contributed by atoms with Gasteiger partial charge in [-0.05, 0) is 25.7 Å². The average Bonchev–Trinajstić information content (AvgIpc) is 3.23. The SMILES string of the molecule is CCCCCCCCCCCCCCCCCC(CC(=O)NC(CO)C(O)CCCCCCCCCCCCCCCCC)OC(=O)CCCCCCCCCCCC. The average molecular weight is 836 g/mol. The van der Waals surface area contributed by atoms with E-state index in [4.69, 9.17) is 4.74 Å². The molecule has 0 spiro atoms. The zero-order valence-electron chi connectivity index (χ0n) is 40.2. The van der Waals surface area contributed by atoms with Crippen LogP contribution in [0.25, 0.3) is 0 Å². The largest absolute Gasteiger partial charge is 0.462 e. The number of aliphatic hydroxyl groups excluding tert-OH is 2. The number of hydrogen-bond donors (Lipinski definition) is 3. The topological polar surface area (TPSA) is 95.9 Å². The van der Waals surface area contributed by atoms with E-state index in [1.54, 1.807) is 0 Å². The molecule has 3 atom stereocenters. The molecule has 0 aliphatic heterocycles. The standard InChI is InChI=1S/C53H105NO5/c1-4-7-10-13-16-19-22-24-26-28-30-32-35-38-41-44-49(59-53(58)46-43-40-37-34-21-18-15-12-9-6-3)47-52(57)54-50(48-55)51(56)45-42-39-36-33-31-29-27-25-23-20-17-14-11-8-5-2/h49-51,55-56H,4-48H2,1-3H3,(H,54,57). The van der Waals surface area contributed by atoms with Crippen molar-refractivity contribution in [3.63, 3.8) is 0 Å². The lowest BCUT2D eigenvalue weighted by Gasteiger charge is -2.24. The predicted molar refractivity (Wildman–Crippen MR) is 255 cm³/mol. The molecule has 0 aromatic carbocycles. The van der Waals surface area contributed by atoms with Gasteiger partial charge in [0.25, 0.3) is 0 Å². The van der Waals surface area contributed by atoms with Crippen molar-refractivity contribution in [1.29, 1.82) is 0 Å². The molecule has 1 amide bonds. The van der Waals surface area contributed by atoms with Gasteiger partial charge in [-0.2, -0.15) is 0 Å². The van der Waals surface area contributed by atoms with Crippen LogP contribution in [0.2, 0.25) is 0 Å². The summed E-state index contributed by atoms with van der Waals surface area (Å²) in [6.45, 7) is 6.51. The summed E-state index contributed by atoms with van der Waals surface area (Å²) < 4.78 is 5.93. The third-order valence-electron chi connectivity index (χ3n) is 12.7. The van der Waals surface area contributed by atoms with Crippen LogP contribution in [0.1, 0.15) is 303 Å². The smallest absolute Gasteiger partial charge is 0.306 e. The molecular formula is C53H105NO5. The van der Waals surface area contributed by atoms with Crippen LogP contribution < -0.4 is 5.32 Å². The maximum atomic E-state index is 13.2. The second-order valence-corrected chi connectivity index (χ2v) is 18.6. The molecule has 0 rings (SSSR count). The summed E-state index contributed by atoms with van der Waals surface area (Å²) in [6.07, 6.45) is 51.6. The minimum absolute atomic E-state index is 0.0879. The Bertz CT molecular complexity index is 852. The number of aliphatic hydroxyl groups is 2. The van der Waals surface area contributed by atoms with Gasteiger partial charge in [-0.3, -0.25) is 9.59 Å². The normalized spacial score (nSPS) is 13.1. The van der Waals surface area contributed by atoms with Crippen molar-refractivity contribution < 1.29 is 24.5 Å². The third-order valence-corrected chi connectivity index (χ3v) is 12.7. The van der Waals surface area contributed by atoms with Gasteiger partial charge in [0.15, 0.2) is 0 Å². The van der Waals surface area contributed by atoms with Crippen LogP contribution in [0.4, 0.5) is 0 Å². The molecule has 0 aliphatic carbocycles. The first kappa shape index (κ1) is 57.9. The monoisotopic (exact) mass is 836 g/mol. The maximum Gasteiger partial charge on any atom is 0.306 e. The summed E-state index contributed by atoms with van der Waals surface area (Å²) in [5.74, 6) is -0.451. The lowest BCUT2D eigenvalue weighted by molar-refractivity contribution is -0.151. The van der Waals surface area contributed by atoms with Crippen molar-refractivity contribution in [3.05, 3.63) is 0 Å².